The van der Waals surface area contributed by atoms with Crippen LogP contribution in [-0.4, -0.2) is 37.2 Å². The molecular formula is C50H84O6. The van der Waals surface area contributed by atoms with Crippen LogP contribution >= 0.6 is 0 Å². The third-order valence-electron chi connectivity index (χ3n) is 9.48. The molecule has 0 aromatic carbocycles. The summed E-state index contributed by atoms with van der Waals surface area (Å²) in [5.41, 5.74) is 0. The molecular weight excluding hydrogens is 697 g/mol. The van der Waals surface area contributed by atoms with Gasteiger partial charge in [0.05, 0.1) is 0 Å². The summed E-state index contributed by atoms with van der Waals surface area (Å²) in [6.45, 7) is 6.40. The molecule has 0 aliphatic rings. The van der Waals surface area contributed by atoms with E-state index in [1.165, 1.54) is 70.6 Å². The van der Waals surface area contributed by atoms with E-state index in [2.05, 4.69) is 93.7 Å². The van der Waals surface area contributed by atoms with Crippen molar-refractivity contribution >= 4 is 17.9 Å². The Bertz CT molecular complexity index is 1080. The van der Waals surface area contributed by atoms with Crippen molar-refractivity contribution in [2.24, 2.45) is 0 Å². The second-order valence-electron chi connectivity index (χ2n) is 14.9. The Hall–Kier alpha value is -3.15. The minimum Gasteiger partial charge on any atom is -0.462 e. The maximum absolute atomic E-state index is 12.7. The van der Waals surface area contributed by atoms with E-state index >= 15 is 0 Å². The number of hydrogen-bond donors (Lipinski definition) is 0. The predicted molar refractivity (Wildman–Crippen MR) is 238 cm³/mol. The minimum absolute atomic E-state index is 0.0887. The van der Waals surface area contributed by atoms with E-state index in [1.54, 1.807) is 0 Å². The normalized spacial score (nSPS) is 12.7. The Kier molecular flexibility index (Phi) is 42.1. The van der Waals surface area contributed by atoms with Gasteiger partial charge in [-0.2, -0.15) is 0 Å². The quantitative estimate of drug-likeness (QED) is 0.0267. The summed E-state index contributed by atoms with van der Waals surface area (Å²) in [4.78, 5) is 37.5. The predicted octanol–water partition coefficient (Wildman–Crippen LogP) is 14.7. The molecule has 0 radical (unpaired) electrons. The lowest BCUT2D eigenvalue weighted by Crippen LogP contribution is -2.30. The molecule has 0 saturated carbocycles. The van der Waals surface area contributed by atoms with Gasteiger partial charge in [0.15, 0.2) is 6.10 Å². The number of hydrogen-bond acceptors (Lipinski definition) is 6. The van der Waals surface area contributed by atoms with E-state index in [4.69, 9.17) is 14.2 Å². The Labute approximate surface area is 344 Å². The molecule has 0 aliphatic carbocycles. The Morgan fingerprint density at radius 2 is 0.696 bits per heavy atom. The van der Waals surface area contributed by atoms with Gasteiger partial charge in [0.1, 0.15) is 13.2 Å². The van der Waals surface area contributed by atoms with Gasteiger partial charge >= 0.3 is 17.9 Å². The van der Waals surface area contributed by atoms with Crippen molar-refractivity contribution < 1.29 is 28.6 Å². The molecule has 0 amide bonds. The molecule has 6 heteroatoms. The summed E-state index contributed by atoms with van der Waals surface area (Å²) in [5.74, 6) is -0.949. The van der Waals surface area contributed by atoms with E-state index in [0.29, 0.717) is 19.3 Å². The third kappa shape index (κ3) is 42.0. The molecule has 0 fully saturated rings. The van der Waals surface area contributed by atoms with Crippen LogP contribution < -0.4 is 0 Å². The van der Waals surface area contributed by atoms with Gasteiger partial charge in [-0.1, -0.05) is 190 Å². The zero-order valence-corrected chi connectivity index (χ0v) is 36.4. The van der Waals surface area contributed by atoms with Crippen molar-refractivity contribution in [2.45, 2.75) is 213 Å². The van der Waals surface area contributed by atoms with Crippen LogP contribution in [0.1, 0.15) is 207 Å². The van der Waals surface area contributed by atoms with Gasteiger partial charge in [-0.05, 0) is 70.6 Å². The van der Waals surface area contributed by atoms with Crippen molar-refractivity contribution in [3.63, 3.8) is 0 Å². The summed E-state index contributed by atoms with van der Waals surface area (Å²) in [7, 11) is 0. The van der Waals surface area contributed by atoms with E-state index in [0.717, 1.165) is 96.3 Å². The topological polar surface area (TPSA) is 78.9 Å². The van der Waals surface area contributed by atoms with Crippen LogP contribution in [0, 0.1) is 0 Å². The highest BCUT2D eigenvalue weighted by Crippen LogP contribution is 2.13. The highest BCUT2D eigenvalue weighted by molar-refractivity contribution is 5.71. The number of carbonyl (C=O) groups excluding carboxylic acids is 3. The van der Waals surface area contributed by atoms with Crippen molar-refractivity contribution in [2.75, 3.05) is 13.2 Å². The summed E-state index contributed by atoms with van der Waals surface area (Å²) in [5, 5.41) is 0. The lowest BCUT2D eigenvalue weighted by Gasteiger charge is -2.18. The zero-order valence-electron chi connectivity index (χ0n) is 36.4. The van der Waals surface area contributed by atoms with Crippen LogP contribution in [0.2, 0.25) is 0 Å². The van der Waals surface area contributed by atoms with Gasteiger partial charge in [0.2, 0.25) is 0 Å². The number of allylic oxidation sites excluding steroid dienone is 12. The van der Waals surface area contributed by atoms with Crippen molar-refractivity contribution in [3.8, 4) is 0 Å². The molecule has 0 aromatic heterocycles. The molecule has 0 aliphatic heterocycles. The molecule has 0 spiro atoms. The van der Waals surface area contributed by atoms with E-state index in [1.807, 2.05) is 0 Å². The van der Waals surface area contributed by atoms with Crippen LogP contribution in [0.15, 0.2) is 72.9 Å². The third-order valence-corrected chi connectivity index (χ3v) is 9.48. The number of esters is 3. The first-order valence-corrected chi connectivity index (χ1v) is 22.9. The fourth-order valence-electron chi connectivity index (χ4n) is 6.03. The average Bonchev–Trinajstić information content (AvgIpc) is 3.19. The molecule has 0 aromatic rings. The fourth-order valence-corrected chi connectivity index (χ4v) is 6.03. The molecule has 0 bridgehead atoms. The van der Waals surface area contributed by atoms with Crippen molar-refractivity contribution in [1.82, 2.24) is 0 Å². The number of unbranched alkanes of at least 4 members (excludes halogenated alkanes) is 17. The van der Waals surface area contributed by atoms with Crippen LogP contribution in [0.3, 0.4) is 0 Å². The van der Waals surface area contributed by atoms with Crippen LogP contribution in [-0.2, 0) is 28.6 Å². The summed E-state index contributed by atoms with van der Waals surface area (Å²) in [6.07, 6.45) is 54.8. The zero-order chi connectivity index (χ0) is 40.8. The Balaban J connectivity index is 4.32. The lowest BCUT2D eigenvalue weighted by molar-refractivity contribution is -0.167. The second kappa shape index (κ2) is 44.6. The first-order valence-electron chi connectivity index (χ1n) is 22.9. The lowest BCUT2D eigenvalue weighted by atomic mass is 10.1. The number of carbonyl (C=O) groups is 3. The largest absolute Gasteiger partial charge is 0.462 e. The molecule has 0 heterocycles. The van der Waals surface area contributed by atoms with E-state index in [-0.39, 0.29) is 31.1 Å². The molecule has 320 valence electrons. The molecule has 56 heavy (non-hydrogen) atoms. The van der Waals surface area contributed by atoms with Gasteiger partial charge in [-0.15, -0.1) is 0 Å². The van der Waals surface area contributed by atoms with Crippen molar-refractivity contribution in [3.05, 3.63) is 72.9 Å². The molecule has 0 N–H and O–H groups in total. The molecule has 0 saturated heterocycles. The van der Waals surface area contributed by atoms with Crippen LogP contribution in [0.25, 0.3) is 0 Å². The van der Waals surface area contributed by atoms with Gasteiger partial charge in [-0.3, -0.25) is 14.4 Å². The second-order valence-corrected chi connectivity index (χ2v) is 14.9. The first-order chi connectivity index (χ1) is 27.5. The van der Waals surface area contributed by atoms with Crippen molar-refractivity contribution in [1.29, 1.82) is 0 Å². The highest BCUT2D eigenvalue weighted by Gasteiger charge is 2.19. The fraction of sp³-hybridized carbons (Fsp3) is 0.700. The highest BCUT2D eigenvalue weighted by atomic mass is 16.6. The Morgan fingerprint density at radius 1 is 0.375 bits per heavy atom. The summed E-state index contributed by atoms with van der Waals surface area (Å²) in [6, 6.07) is 0. The van der Waals surface area contributed by atoms with Gasteiger partial charge in [0.25, 0.3) is 0 Å². The van der Waals surface area contributed by atoms with Gasteiger partial charge in [0, 0.05) is 19.3 Å². The summed E-state index contributed by atoms with van der Waals surface area (Å²) >= 11 is 0. The first kappa shape index (κ1) is 52.9. The van der Waals surface area contributed by atoms with Gasteiger partial charge < -0.3 is 14.2 Å². The maximum atomic E-state index is 12.7. The number of ether oxygens (including phenoxy) is 3. The standard InChI is InChI=1S/C50H84O6/c1-4-7-10-13-16-18-20-21-22-23-24-25-26-27-28-29-31-32-34-37-40-43-49(52)55-46-47(45-54-48(51)42-39-36-15-12-9-6-3)56-50(53)44-41-38-35-33-30-19-17-14-11-8-5-2/h7,10,16,18,21-22,24-25,27-28,31-32,47H,4-6,8-9,11-15,17,19-20,23,26,29-30,33-46H2,1-3H3/b10-7-,18-16-,22-21-,25-24-,28-27-,32-31-. The molecule has 0 rings (SSSR count). The van der Waals surface area contributed by atoms with Crippen LogP contribution in [0.5, 0.6) is 0 Å². The maximum Gasteiger partial charge on any atom is 0.306 e. The number of rotatable bonds is 40. The molecule has 6 nitrogen and oxygen atoms in total. The molecule has 1 atom stereocenters. The minimum atomic E-state index is -0.786. The smallest absolute Gasteiger partial charge is 0.306 e. The van der Waals surface area contributed by atoms with Crippen LogP contribution in [0.4, 0.5) is 0 Å². The Morgan fingerprint density at radius 3 is 1.09 bits per heavy atom. The average molecular weight is 781 g/mol. The van der Waals surface area contributed by atoms with E-state index < -0.39 is 6.10 Å². The SMILES string of the molecule is CC/C=C\C/C=C\C/C=C\C/C=C\C/C=C\C/C=C\CCCCC(=O)OCC(COC(=O)CCCCCCCC)OC(=O)CCCCCCCCCCCCC. The summed E-state index contributed by atoms with van der Waals surface area (Å²) < 4.78 is 16.6. The monoisotopic (exact) mass is 781 g/mol. The molecule has 1 unspecified atom stereocenters. The van der Waals surface area contributed by atoms with E-state index in [9.17, 15) is 14.4 Å². The van der Waals surface area contributed by atoms with Gasteiger partial charge in [-0.25, -0.2) is 0 Å².